The molecule has 0 aliphatic carbocycles. The topological polar surface area (TPSA) is 38.9 Å². The monoisotopic (exact) mass is 855 g/mol. The fraction of sp³-hybridized carbons (Fsp3) is 0. The van der Waals surface area contributed by atoms with Crippen LogP contribution in [0, 0.1) is 0 Å². The lowest BCUT2D eigenvalue weighted by Gasteiger charge is -2.26. The summed E-state index contributed by atoms with van der Waals surface area (Å²) in [5.74, 6) is 0.613. The van der Waals surface area contributed by atoms with Crippen LogP contribution in [0.3, 0.4) is 0 Å². The molecule has 0 saturated carbocycles. The van der Waals surface area contributed by atoms with Crippen molar-refractivity contribution < 1.29 is 0 Å². The number of rotatable bonds is 8. The van der Waals surface area contributed by atoms with Gasteiger partial charge in [0.25, 0.3) is 0 Å². The van der Waals surface area contributed by atoms with Crippen molar-refractivity contribution in [3.63, 3.8) is 0 Å². The average Bonchev–Trinajstić information content (AvgIpc) is 3.92. The second-order valence-corrected chi connectivity index (χ2v) is 17.0. The Bertz CT molecular complexity index is 3890. The van der Waals surface area contributed by atoms with E-state index in [-0.39, 0.29) is 0 Å². The van der Waals surface area contributed by atoms with Gasteiger partial charge in [-0.3, -0.25) is 4.57 Å². The zero-order valence-electron chi connectivity index (χ0n) is 36.4. The average molecular weight is 856 g/mol. The highest BCUT2D eigenvalue weighted by Crippen LogP contribution is 2.45. The molecule has 67 heavy (non-hydrogen) atoms. The van der Waals surface area contributed by atoms with Crippen molar-refractivity contribution >= 4 is 71.4 Å². The maximum Gasteiger partial charge on any atom is 0.235 e. The van der Waals surface area contributed by atoms with E-state index in [2.05, 4.69) is 251 Å². The molecule has 0 unspecified atom stereocenters. The number of nitrogens with zero attached hydrogens (tertiary/aromatic N) is 5. The second-order valence-electron chi connectivity index (χ2n) is 17.0. The SMILES string of the molecule is c1ccc(-c2ccc(N(c3ccc4ccccc4c3)c3ccc4c(c3)c3c5c6ccccc6n(-c6ccccc6)c5ccc3n4-c3nc(-c4ccccc4)cc(-c4ccccc4)n3)cc2)cc1. The summed E-state index contributed by atoms with van der Waals surface area (Å²) in [5.41, 5.74) is 14.8. The molecule has 0 aliphatic rings. The molecule has 5 nitrogen and oxygen atoms in total. The molecule has 314 valence electrons. The maximum atomic E-state index is 5.42. The summed E-state index contributed by atoms with van der Waals surface area (Å²) in [6.45, 7) is 0. The van der Waals surface area contributed by atoms with Crippen LogP contribution in [0.4, 0.5) is 17.1 Å². The number of para-hydroxylation sites is 2. The standard InChI is InChI=1S/C62H41N5/c1-5-17-42(18-6-1)44-29-32-49(33-30-44)65(50-34-31-43-19-13-14-24-47(43)39-50)51-35-36-57-53(40-51)61-59(38-37-58-60(61)52-27-15-16-28-56(52)66(58)48-25-11-4-12-26-48)67(57)62-63-54(45-20-7-2-8-21-45)41-55(64-62)46-22-9-3-10-23-46/h1-41H. The van der Waals surface area contributed by atoms with Crippen LogP contribution < -0.4 is 4.90 Å². The fourth-order valence-corrected chi connectivity index (χ4v) is 10.0. The zero-order chi connectivity index (χ0) is 44.3. The Morgan fingerprint density at radius 3 is 1.46 bits per heavy atom. The van der Waals surface area contributed by atoms with E-state index in [1.165, 1.54) is 32.7 Å². The first-order valence-electron chi connectivity index (χ1n) is 22.7. The van der Waals surface area contributed by atoms with Gasteiger partial charge in [0.2, 0.25) is 5.95 Å². The van der Waals surface area contributed by atoms with Crippen molar-refractivity contribution in [2.75, 3.05) is 4.90 Å². The predicted octanol–water partition coefficient (Wildman–Crippen LogP) is 16.3. The van der Waals surface area contributed by atoms with Crippen LogP contribution in [0.15, 0.2) is 249 Å². The van der Waals surface area contributed by atoms with Gasteiger partial charge < -0.3 is 9.47 Å². The quantitative estimate of drug-likeness (QED) is 0.153. The number of hydrogen-bond donors (Lipinski definition) is 0. The third-order valence-corrected chi connectivity index (χ3v) is 13.1. The molecule has 0 amide bonds. The van der Waals surface area contributed by atoms with Gasteiger partial charge in [-0.15, -0.1) is 0 Å². The second kappa shape index (κ2) is 15.9. The fourth-order valence-electron chi connectivity index (χ4n) is 10.0. The van der Waals surface area contributed by atoms with Crippen molar-refractivity contribution in [2.45, 2.75) is 0 Å². The van der Waals surface area contributed by atoms with Crippen LogP contribution in [0.5, 0.6) is 0 Å². The molecule has 5 heteroatoms. The Hall–Kier alpha value is -9.06. The van der Waals surface area contributed by atoms with Crippen molar-refractivity contribution in [1.82, 2.24) is 19.1 Å². The van der Waals surface area contributed by atoms with Gasteiger partial charge in [-0.1, -0.05) is 170 Å². The lowest BCUT2D eigenvalue weighted by atomic mass is 10.0. The largest absolute Gasteiger partial charge is 0.310 e. The Labute approximate surface area is 387 Å². The summed E-state index contributed by atoms with van der Waals surface area (Å²) < 4.78 is 4.67. The van der Waals surface area contributed by atoms with Crippen LogP contribution in [0.1, 0.15) is 0 Å². The first kappa shape index (κ1) is 38.4. The van der Waals surface area contributed by atoms with E-state index in [1.807, 2.05) is 12.1 Å². The lowest BCUT2D eigenvalue weighted by Crippen LogP contribution is -2.10. The van der Waals surface area contributed by atoms with E-state index in [1.54, 1.807) is 0 Å². The van der Waals surface area contributed by atoms with Crippen LogP contribution in [0.2, 0.25) is 0 Å². The third kappa shape index (κ3) is 6.55. The number of hydrogen-bond acceptors (Lipinski definition) is 3. The molecule has 3 heterocycles. The molecule has 10 aromatic carbocycles. The van der Waals surface area contributed by atoms with Gasteiger partial charge in [0.05, 0.1) is 33.5 Å². The van der Waals surface area contributed by atoms with Crippen molar-refractivity contribution in [2.24, 2.45) is 0 Å². The van der Waals surface area contributed by atoms with Gasteiger partial charge in [0, 0.05) is 55.4 Å². The van der Waals surface area contributed by atoms with Gasteiger partial charge in [-0.2, -0.15) is 0 Å². The molecule has 0 fully saturated rings. The molecule has 13 rings (SSSR count). The van der Waals surface area contributed by atoms with Crippen LogP contribution in [0.25, 0.3) is 99.7 Å². The Morgan fingerprint density at radius 1 is 0.299 bits per heavy atom. The van der Waals surface area contributed by atoms with Crippen molar-refractivity contribution in [3.05, 3.63) is 249 Å². The molecule has 0 atom stereocenters. The van der Waals surface area contributed by atoms with E-state index in [0.717, 1.165) is 78.1 Å². The van der Waals surface area contributed by atoms with Gasteiger partial charge in [-0.05, 0) is 101 Å². The molecule has 0 saturated heterocycles. The van der Waals surface area contributed by atoms with E-state index < -0.39 is 0 Å². The third-order valence-electron chi connectivity index (χ3n) is 13.1. The maximum absolute atomic E-state index is 5.42. The molecule has 13 aromatic rings. The zero-order valence-corrected chi connectivity index (χ0v) is 36.4. The van der Waals surface area contributed by atoms with E-state index >= 15 is 0 Å². The molecular formula is C62H41N5. The first-order chi connectivity index (χ1) is 33.2. The molecule has 0 spiro atoms. The van der Waals surface area contributed by atoms with Crippen molar-refractivity contribution in [1.29, 1.82) is 0 Å². The number of anilines is 3. The van der Waals surface area contributed by atoms with Gasteiger partial charge in [0.15, 0.2) is 0 Å². The molecule has 0 aliphatic heterocycles. The molecular weight excluding hydrogens is 815 g/mol. The van der Waals surface area contributed by atoms with Crippen molar-refractivity contribution in [3.8, 4) is 45.3 Å². The minimum absolute atomic E-state index is 0.613. The van der Waals surface area contributed by atoms with Gasteiger partial charge >= 0.3 is 0 Å². The predicted molar refractivity (Wildman–Crippen MR) is 279 cm³/mol. The number of benzene rings is 10. The Morgan fingerprint density at radius 2 is 0.776 bits per heavy atom. The highest BCUT2D eigenvalue weighted by atomic mass is 15.2. The highest BCUT2D eigenvalue weighted by molar-refractivity contribution is 6.29. The summed E-state index contributed by atoms with van der Waals surface area (Å²) in [7, 11) is 0. The van der Waals surface area contributed by atoms with E-state index in [9.17, 15) is 0 Å². The Kier molecular flexibility index (Phi) is 9.10. The summed E-state index contributed by atoms with van der Waals surface area (Å²) in [5, 5.41) is 7.01. The smallest absolute Gasteiger partial charge is 0.235 e. The number of fused-ring (bicyclic) bond motifs is 8. The normalized spacial score (nSPS) is 11.6. The lowest BCUT2D eigenvalue weighted by molar-refractivity contribution is 0.995. The summed E-state index contributed by atoms with van der Waals surface area (Å²) in [4.78, 5) is 13.2. The minimum atomic E-state index is 0.613. The molecule has 0 bridgehead atoms. The first-order valence-corrected chi connectivity index (χ1v) is 22.7. The molecule has 0 N–H and O–H groups in total. The Balaban J connectivity index is 1.12. The van der Waals surface area contributed by atoms with Gasteiger partial charge in [-0.25, -0.2) is 9.97 Å². The van der Waals surface area contributed by atoms with Crippen LogP contribution in [-0.2, 0) is 0 Å². The highest BCUT2D eigenvalue weighted by Gasteiger charge is 2.24. The summed E-state index contributed by atoms with van der Waals surface area (Å²) in [6.07, 6.45) is 0. The number of aromatic nitrogens is 4. The summed E-state index contributed by atoms with van der Waals surface area (Å²) >= 11 is 0. The van der Waals surface area contributed by atoms with Gasteiger partial charge in [0.1, 0.15) is 0 Å². The van der Waals surface area contributed by atoms with E-state index in [4.69, 9.17) is 9.97 Å². The van der Waals surface area contributed by atoms with Crippen LogP contribution in [-0.4, -0.2) is 19.1 Å². The minimum Gasteiger partial charge on any atom is -0.310 e. The summed E-state index contributed by atoms with van der Waals surface area (Å²) in [6, 6.07) is 88.7. The van der Waals surface area contributed by atoms with Crippen LogP contribution >= 0.6 is 0 Å². The molecule has 0 radical (unpaired) electrons. The molecule has 3 aromatic heterocycles. The van der Waals surface area contributed by atoms with E-state index in [0.29, 0.717) is 5.95 Å².